The molecular formula is C36H58S2. The Hall–Kier alpha value is -0.860. The summed E-state index contributed by atoms with van der Waals surface area (Å²) < 4.78 is 0. The van der Waals surface area contributed by atoms with E-state index in [0.717, 1.165) is 0 Å². The van der Waals surface area contributed by atoms with Crippen molar-refractivity contribution >= 4 is 21.6 Å². The molecule has 0 aromatic heterocycles. The van der Waals surface area contributed by atoms with E-state index in [1.165, 1.54) is 138 Å². The molecule has 0 heterocycles. The summed E-state index contributed by atoms with van der Waals surface area (Å²) in [5, 5.41) is 0. The van der Waals surface area contributed by atoms with Crippen LogP contribution in [0.5, 0.6) is 0 Å². The highest BCUT2D eigenvalue weighted by atomic mass is 33.1. The Kier molecular flexibility index (Phi) is 19.2. The first kappa shape index (κ1) is 33.3. The van der Waals surface area contributed by atoms with Crippen LogP contribution in [0.1, 0.15) is 153 Å². The summed E-state index contributed by atoms with van der Waals surface area (Å²) in [6, 6.07) is 14.3. The predicted molar refractivity (Wildman–Crippen MR) is 176 cm³/mol. The first-order chi connectivity index (χ1) is 18.7. The summed E-state index contributed by atoms with van der Waals surface area (Å²) in [4.78, 5) is 3.04. The van der Waals surface area contributed by atoms with Crippen molar-refractivity contribution in [3.05, 3.63) is 58.7 Å². The first-order valence-corrected chi connectivity index (χ1v) is 18.5. The molecule has 0 spiro atoms. The number of unbranched alkanes of at least 4 members (excludes halogenated alkanes) is 12. The molecule has 214 valence electrons. The van der Waals surface area contributed by atoms with Gasteiger partial charge in [0.25, 0.3) is 0 Å². The van der Waals surface area contributed by atoms with E-state index in [0.29, 0.717) is 0 Å². The van der Waals surface area contributed by atoms with Gasteiger partial charge < -0.3 is 0 Å². The molecule has 0 fully saturated rings. The summed E-state index contributed by atoms with van der Waals surface area (Å²) >= 11 is 0. The lowest BCUT2D eigenvalue weighted by Crippen LogP contribution is -1.99. The van der Waals surface area contributed by atoms with E-state index >= 15 is 0 Å². The van der Waals surface area contributed by atoms with Gasteiger partial charge in [0.05, 0.1) is 0 Å². The van der Waals surface area contributed by atoms with Gasteiger partial charge in [-0.05, 0) is 85.8 Å². The molecule has 2 aromatic rings. The Morgan fingerprint density at radius 2 is 0.737 bits per heavy atom. The van der Waals surface area contributed by atoms with Crippen LogP contribution in [0.4, 0.5) is 0 Å². The minimum absolute atomic E-state index is 1.24. The van der Waals surface area contributed by atoms with Crippen LogP contribution in [-0.4, -0.2) is 0 Å². The molecule has 0 amide bonds. The third-order valence-electron chi connectivity index (χ3n) is 7.84. The van der Waals surface area contributed by atoms with E-state index in [4.69, 9.17) is 0 Å². The van der Waals surface area contributed by atoms with Gasteiger partial charge >= 0.3 is 0 Å². The second-order valence-electron chi connectivity index (χ2n) is 11.2. The molecule has 38 heavy (non-hydrogen) atoms. The molecule has 0 radical (unpaired) electrons. The molecule has 0 aliphatic carbocycles. The average molecular weight is 555 g/mol. The van der Waals surface area contributed by atoms with Gasteiger partial charge in [0.2, 0.25) is 0 Å². The van der Waals surface area contributed by atoms with Gasteiger partial charge in [0, 0.05) is 9.79 Å². The molecule has 0 aliphatic rings. The molecule has 0 nitrogen and oxygen atoms in total. The Balaban J connectivity index is 2.19. The fourth-order valence-electron chi connectivity index (χ4n) is 5.45. The number of hydrogen-bond donors (Lipinski definition) is 0. The maximum absolute atomic E-state index is 2.42. The SMILES string of the molecule is CCCCCCc1cccc(SSc2cccc(CCCCCC)c2CCCCCC)c1CCCCCC. The number of rotatable bonds is 23. The van der Waals surface area contributed by atoms with Gasteiger partial charge in [-0.2, -0.15) is 0 Å². The van der Waals surface area contributed by atoms with E-state index in [-0.39, 0.29) is 0 Å². The number of benzene rings is 2. The van der Waals surface area contributed by atoms with Crippen LogP contribution in [0.2, 0.25) is 0 Å². The minimum Gasteiger partial charge on any atom is -0.0654 e. The smallest absolute Gasteiger partial charge is 0.0221 e. The molecule has 2 heteroatoms. The van der Waals surface area contributed by atoms with Crippen molar-refractivity contribution in [3.63, 3.8) is 0 Å². The molecule has 0 N–H and O–H groups in total. The Morgan fingerprint density at radius 1 is 0.395 bits per heavy atom. The summed E-state index contributed by atoms with van der Waals surface area (Å²) in [5.41, 5.74) is 6.54. The van der Waals surface area contributed by atoms with E-state index in [2.05, 4.69) is 64.1 Å². The normalized spacial score (nSPS) is 11.4. The lowest BCUT2D eigenvalue weighted by atomic mass is 9.96. The zero-order valence-electron chi connectivity index (χ0n) is 25.4. The quantitative estimate of drug-likeness (QED) is 0.0989. The van der Waals surface area contributed by atoms with Crippen molar-refractivity contribution in [2.75, 3.05) is 0 Å². The highest BCUT2D eigenvalue weighted by Gasteiger charge is 2.13. The largest absolute Gasteiger partial charge is 0.0654 e. The van der Waals surface area contributed by atoms with Crippen LogP contribution in [0.25, 0.3) is 0 Å². The molecule has 2 rings (SSSR count). The zero-order valence-corrected chi connectivity index (χ0v) is 27.1. The molecule has 0 saturated heterocycles. The van der Waals surface area contributed by atoms with Gasteiger partial charge in [-0.3, -0.25) is 0 Å². The highest BCUT2D eigenvalue weighted by molar-refractivity contribution is 8.76. The summed E-state index contributed by atoms with van der Waals surface area (Å²) in [7, 11) is 4.07. The minimum atomic E-state index is 1.24. The van der Waals surface area contributed by atoms with Gasteiger partial charge in [0.1, 0.15) is 0 Å². The van der Waals surface area contributed by atoms with Crippen molar-refractivity contribution in [2.45, 2.75) is 166 Å². The summed E-state index contributed by atoms with van der Waals surface area (Å²) in [6.07, 6.45) is 26.5. The summed E-state index contributed by atoms with van der Waals surface area (Å²) in [5.74, 6) is 0. The Morgan fingerprint density at radius 3 is 1.08 bits per heavy atom. The molecule has 2 aromatic carbocycles. The van der Waals surface area contributed by atoms with Crippen LogP contribution in [0.15, 0.2) is 46.2 Å². The van der Waals surface area contributed by atoms with E-state index in [1.54, 1.807) is 22.3 Å². The Labute approximate surface area is 245 Å². The van der Waals surface area contributed by atoms with Gasteiger partial charge in [0.15, 0.2) is 0 Å². The van der Waals surface area contributed by atoms with Gasteiger partial charge in [-0.15, -0.1) is 0 Å². The Bertz CT molecular complexity index is 785. The number of hydrogen-bond acceptors (Lipinski definition) is 2. The van der Waals surface area contributed by atoms with Crippen LogP contribution >= 0.6 is 21.6 Å². The van der Waals surface area contributed by atoms with Crippen LogP contribution in [-0.2, 0) is 25.7 Å². The van der Waals surface area contributed by atoms with E-state index in [9.17, 15) is 0 Å². The fourth-order valence-corrected chi connectivity index (χ4v) is 8.04. The van der Waals surface area contributed by atoms with Crippen molar-refractivity contribution in [2.24, 2.45) is 0 Å². The topological polar surface area (TPSA) is 0 Å². The lowest BCUT2D eigenvalue weighted by Gasteiger charge is -2.17. The van der Waals surface area contributed by atoms with Gasteiger partial charge in [-0.25, -0.2) is 0 Å². The first-order valence-electron chi connectivity index (χ1n) is 16.3. The fraction of sp³-hybridized carbons (Fsp3) is 0.667. The predicted octanol–water partition coefficient (Wildman–Crippen LogP) is 13.0. The van der Waals surface area contributed by atoms with Crippen LogP contribution in [0.3, 0.4) is 0 Å². The van der Waals surface area contributed by atoms with Crippen molar-refractivity contribution in [1.29, 1.82) is 0 Å². The van der Waals surface area contributed by atoms with Crippen molar-refractivity contribution in [3.8, 4) is 0 Å². The molecule has 0 aliphatic heterocycles. The van der Waals surface area contributed by atoms with E-state index < -0.39 is 0 Å². The maximum atomic E-state index is 2.42. The van der Waals surface area contributed by atoms with Crippen LogP contribution in [0, 0.1) is 0 Å². The van der Waals surface area contributed by atoms with Crippen LogP contribution < -0.4 is 0 Å². The molecule has 0 unspecified atom stereocenters. The molecular weight excluding hydrogens is 497 g/mol. The second-order valence-corrected chi connectivity index (χ2v) is 13.4. The zero-order chi connectivity index (χ0) is 27.3. The maximum Gasteiger partial charge on any atom is 0.0221 e. The number of aryl methyl sites for hydroxylation is 2. The molecule has 0 atom stereocenters. The second kappa shape index (κ2) is 21.9. The monoisotopic (exact) mass is 554 g/mol. The highest BCUT2D eigenvalue weighted by Crippen LogP contribution is 2.43. The lowest BCUT2D eigenvalue weighted by molar-refractivity contribution is 0.647. The molecule has 0 saturated carbocycles. The van der Waals surface area contributed by atoms with E-state index in [1.807, 2.05) is 21.6 Å². The van der Waals surface area contributed by atoms with Crippen molar-refractivity contribution in [1.82, 2.24) is 0 Å². The average Bonchev–Trinajstić information content (AvgIpc) is 2.94. The third-order valence-corrected chi connectivity index (χ3v) is 10.4. The third kappa shape index (κ3) is 13.0. The summed E-state index contributed by atoms with van der Waals surface area (Å²) in [6.45, 7) is 9.26. The molecule has 0 bridgehead atoms. The van der Waals surface area contributed by atoms with Crippen molar-refractivity contribution < 1.29 is 0 Å². The standard InChI is InChI=1S/C36H58S2/c1-5-9-13-17-23-31-25-21-29-35(33(31)27-19-15-11-7-3)37-38-36-30-22-26-32(24-18-14-10-6-2)34(36)28-20-16-12-8-4/h21-22,25-26,29-30H,5-20,23-24,27-28H2,1-4H3. The van der Waals surface area contributed by atoms with Gasteiger partial charge in [-0.1, -0.05) is 151 Å².